The van der Waals surface area contributed by atoms with Crippen LogP contribution in [0.15, 0.2) is 54.6 Å². The highest BCUT2D eigenvalue weighted by molar-refractivity contribution is 8.77. The molecule has 11 heteroatoms. The number of aliphatic hydroxyl groups is 3. The van der Waals surface area contributed by atoms with Crippen LogP contribution in [0.2, 0.25) is 0 Å². The van der Waals surface area contributed by atoms with Gasteiger partial charge in [0.1, 0.15) is 24.4 Å². The maximum absolute atomic E-state index is 13.2. The lowest BCUT2D eigenvalue weighted by molar-refractivity contribution is -0.264. The summed E-state index contributed by atoms with van der Waals surface area (Å²) >= 11 is 0. The second-order valence-electron chi connectivity index (χ2n) is 11.1. The fourth-order valence-corrected chi connectivity index (χ4v) is 8.38. The highest BCUT2D eigenvalue weighted by atomic mass is 33.1. The molecule has 2 aromatic carbocycles. The Labute approximate surface area is 254 Å². The van der Waals surface area contributed by atoms with Crippen molar-refractivity contribution >= 4 is 39.2 Å². The molecule has 1 amide bonds. The van der Waals surface area contributed by atoms with E-state index in [1.165, 1.54) is 0 Å². The molecule has 3 unspecified atom stereocenters. The van der Waals surface area contributed by atoms with Gasteiger partial charge in [-0.2, -0.15) is 0 Å². The summed E-state index contributed by atoms with van der Waals surface area (Å²) in [6.45, 7) is 3.23. The number of amides is 1. The minimum absolute atomic E-state index is 0.186. The number of carbonyl (C=O) groups excluding carboxylic acids is 3. The smallest absolute Gasteiger partial charge is 0.315 e. The van der Waals surface area contributed by atoms with Crippen molar-refractivity contribution in [2.45, 2.75) is 87.3 Å². The number of benzene rings is 2. The summed E-state index contributed by atoms with van der Waals surface area (Å²) in [5, 5.41) is 33.6. The summed E-state index contributed by atoms with van der Waals surface area (Å²) in [7, 11) is 3.77. The molecule has 0 radical (unpaired) electrons. The number of hydrogen-bond acceptors (Lipinski definition) is 10. The molecule has 42 heavy (non-hydrogen) atoms. The maximum atomic E-state index is 13.2. The summed E-state index contributed by atoms with van der Waals surface area (Å²) in [6, 6.07) is 14.2. The molecule has 2 heterocycles. The molecule has 9 nitrogen and oxygen atoms in total. The zero-order valence-electron chi connectivity index (χ0n) is 23.8. The Morgan fingerprint density at radius 1 is 1.07 bits per heavy atom. The van der Waals surface area contributed by atoms with E-state index >= 15 is 0 Å². The molecule has 2 aliphatic heterocycles. The molecule has 4 N–H and O–H groups in total. The van der Waals surface area contributed by atoms with E-state index in [4.69, 9.17) is 9.47 Å². The Bertz CT molecular complexity index is 1220. The lowest BCUT2D eigenvalue weighted by Crippen LogP contribution is -2.65. The summed E-state index contributed by atoms with van der Waals surface area (Å²) in [4.78, 5) is 39.0. The third-order valence-electron chi connectivity index (χ3n) is 7.81. The summed E-state index contributed by atoms with van der Waals surface area (Å²) in [5.41, 5.74) is 1.47. The monoisotopic (exact) mass is 617 g/mol. The molecule has 0 spiro atoms. The van der Waals surface area contributed by atoms with Crippen molar-refractivity contribution in [3.8, 4) is 0 Å². The molecule has 4 rings (SSSR count). The number of aliphatic hydroxyl groups excluding tert-OH is 3. The van der Waals surface area contributed by atoms with E-state index < -0.39 is 49.1 Å². The lowest BCUT2D eigenvalue weighted by Gasteiger charge is -2.42. The molecule has 2 aromatic rings. The molecule has 0 aromatic heterocycles. The van der Waals surface area contributed by atoms with Crippen LogP contribution in [0.3, 0.4) is 0 Å². The SMILES string of the molecule is CC(C(=O)O[C@@H]1OC(CO)[C@@H](O)C(O)[C@@H]1NC(=O)CCCC[C@]1(C)CCSS1)c1cccc(C(=O)c2ccccc2)c1. The molecule has 2 fully saturated rings. The maximum Gasteiger partial charge on any atom is 0.315 e. The van der Waals surface area contributed by atoms with Crippen molar-refractivity contribution in [1.82, 2.24) is 5.32 Å². The van der Waals surface area contributed by atoms with Gasteiger partial charge < -0.3 is 30.1 Å². The van der Waals surface area contributed by atoms with E-state index in [9.17, 15) is 29.7 Å². The number of ketones is 1. The highest BCUT2D eigenvalue weighted by Crippen LogP contribution is 2.49. The average Bonchev–Trinajstić information content (AvgIpc) is 3.44. The van der Waals surface area contributed by atoms with Gasteiger partial charge >= 0.3 is 5.97 Å². The third kappa shape index (κ3) is 8.15. The quantitative estimate of drug-likeness (QED) is 0.121. The van der Waals surface area contributed by atoms with E-state index in [2.05, 4.69) is 12.2 Å². The molecule has 2 aliphatic rings. The molecule has 7 atom stereocenters. The van der Waals surface area contributed by atoms with Gasteiger partial charge in [0.05, 0.1) is 12.5 Å². The molecular weight excluding hydrogens is 578 g/mol. The number of carbonyl (C=O) groups is 3. The third-order valence-corrected chi connectivity index (χ3v) is 11.2. The fraction of sp³-hybridized carbons (Fsp3) is 0.516. The topological polar surface area (TPSA) is 142 Å². The summed E-state index contributed by atoms with van der Waals surface area (Å²) < 4.78 is 11.5. The Morgan fingerprint density at radius 3 is 2.50 bits per heavy atom. The van der Waals surface area contributed by atoms with Gasteiger partial charge in [-0.15, -0.1) is 0 Å². The van der Waals surface area contributed by atoms with Gasteiger partial charge in [0, 0.05) is 28.0 Å². The van der Waals surface area contributed by atoms with Gasteiger partial charge in [-0.3, -0.25) is 14.4 Å². The summed E-state index contributed by atoms with van der Waals surface area (Å²) in [6.07, 6.45) is -1.82. The van der Waals surface area contributed by atoms with Crippen LogP contribution in [0.4, 0.5) is 0 Å². The first kappa shape index (κ1) is 32.5. The van der Waals surface area contributed by atoms with Gasteiger partial charge in [0.25, 0.3) is 0 Å². The van der Waals surface area contributed by atoms with Gasteiger partial charge in [0.2, 0.25) is 12.2 Å². The number of nitrogens with one attached hydrogen (secondary N) is 1. The zero-order chi connectivity index (χ0) is 30.3. The number of esters is 1. The van der Waals surface area contributed by atoms with Crippen LogP contribution in [0, 0.1) is 0 Å². The minimum atomic E-state index is -1.54. The number of ether oxygens (including phenoxy) is 2. The van der Waals surface area contributed by atoms with Crippen molar-refractivity contribution in [1.29, 1.82) is 0 Å². The first-order valence-electron chi connectivity index (χ1n) is 14.2. The highest BCUT2D eigenvalue weighted by Gasteiger charge is 2.47. The van der Waals surface area contributed by atoms with Crippen LogP contribution >= 0.6 is 21.6 Å². The second-order valence-corrected chi connectivity index (χ2v) is 14.1. The van der Waals surface area contributed by atoms with Crippen LogP contribution in [0.5, 0.6) is 0 Å². The van der Waals surface area contributed by atoms with Crippen LogP contribution < -0.4 is 5.32 Å². The standard InChI is InChI=1S/C31H39NO8S2/c1-19(21-11-8-12-22(17-21)26(35)20-9-4-3-5-10-20)29(38)40-30-25(28(37)27(36)23(18-33)39-30)32-24(34)13-6-7-14-31(2)15-16-41-42-31/h3-5,8-12,17,19,23,25,27-28,30,33,36-37H,6-7,13-16,18H2,1-2H3,(H,32,34)/t19?,23?,25-,27+,28?,30-,31+/m0/s1. The van der Waals surface area contributed by atoms with Gasteiger partial charge in [0.15, 0.2) is 5.78 Å². The van der Waals surface area contributed by atoms with Gasteiger partial charge in [-0.25, -0.2) is 0 Å². The minimum Gasteiger partial charge on any atom is -0.433 e. The number of hydrogen-bond donors (Lipinski definition) is 4. The average molecular weight is 618 g/mol. The molecule has 0 aliphatic carbocycles. The van der Waals surface area contributed by atoms with Crippen molar-refractivity contribution in [2.75, 3.05) is 12.4 Å². The van der Waals surface area contributed by atoms with E-state index in [1.54, 1.807) is 55.5 Å². The Balaban J connectivity index is 1.39. The van der Waals surface area contributed by atoms with Crippen molar-refractivity contribution in [3.63, 3.8) is 0 Å². The number of unbranched alkanes of at least 4 members (excludes halogenated alkanes) is 1. The van der Waals surface area contributed by atoms with E-state index in [0.29, 0.717) is 23.1 Å². The van der Waals surface area contributed by atoms with E-state index in [-0.39, 0.29) is 22.9 Å². The largest absolute Gasteiger partial charge is 0.433 e. The second kappa shape index (κ2) is 14.9. The van der Waals surface area contributed by atoms with E-state index in [1.807, 2.05) is 27.7 Å². The number of rotatable bonds is 12. The first-order valence-corrected chi connectivity index (χ1v) is 16.6. The van der Waals surface area contributed by atoms with Crippen molar-refractivity contribution < 1.29 is 39.2 Å². The predicted octanol–water partition coefficient (Wildman–Crippen LogP) is 3.59. The van der Waals surface area contributed by atoms with Crippen LogP contribution in [0.1, 0.15) is 73.4 Å². The van der Waals surface area contributed by atoms with E-state index in [0.717, 1.165) is 25.0 Å². The zero-order valence-corrected chi connectivity index (χ0v) is 25.4. The van der Waals surface area contributed by atoms with Crippen LogP contribution in [-0.2, 0) is 19.1 Å². The Morgan fingerprint density at radius 2 is 1.81 bits per heavy atom. The molecule has 0 saturated carbocycles. The van der Waals surface area contributed by atoms with Gasteiger partial charge in [-0.05, 0) is 44.7 Å². The normalized spacial score (nSPS) is 28.2. The Kier molecular flexibility index (Phi) is 11.5. The van der Waals surface area contributed by atoms with Crippen LogP contribution in [-0.4, -0.2) is 80.7 Å². The van der Waals surface area contributed by atoms with Crippen LogP contribution in [0.25, 0.3) is 0 Å². The molecule has 228 valence electrons. The molecule has 0 bridgehead atoms. The molecular formula is C31H39NO8S2. The summed E-state index contributed by atoms with van der Waals surface area (Å²) in [5.74, 6) is -0.956. The fourth-order valence-electron chi connectivity index (χ4n) is 5.09. The van der Waals surface area contributed by atoms with Crippen molar-refractivity contribution in [2.24, 2.45) is 0 Å². The predicted molar refractivity (Wildman–Crippen MR) is 162 cm³/mol. The first-order chi connectivity index (χ1) is 20.1. The molecule has 2 saturated heterocycles. The van der Waals surface area contributed by atoms with Gasteiger partial charge in [-0.1, -0.05) is 76.5 Å². The Hall–Kier alpha value is -2.41. The van der Waals surface area contributed by atoms with Crippen molar-refractivity contribution in [3.05, 3.63) is 71.3 Å². The lowest BCUT2D eigenvalue weighted by atomic mass is 9.95.